The minimum atomic E-state index is -0.987. The lowest BCUT2D eigenvalue weighted by atomic mass is 10.0. The van der Waals surface area contributed by atoms with Crippen molar-refractivity contribution >= 4 is 35.0 Å². The largest absolute Gasteiger partial charge is 0.378 e. The molecule has 2 N–H and O–H groups in total. The third-order valence-corrected chi connectivity index (χ3v) is 7.17. The Morgan fingerprint density at radius 2 is 2.03 bits per heavy atom. The molecule has 0 saturated carbocycles. The number of aromatic nitrogens is 1. The summed E-state index contributed by atoms with van der Waals surface area (Å²) in [4.78, 5) is 2.49. The van der Waals surface area contributed by atoms with E-state index in [0.717, 1.165) is 43.3 Å². The molecule has 4 rings (SSSR count). The molecule has 1 unspecified atom stereocenters. The summed E-state index contributed by atoms with van der Waals surface area (Å²) in [6.07, 6.45) is 3.37. The van der Waals surface area contributed by atoms with E-state index < -0.39 is 11.6 Å². The maximum absolute atomic E-state index is 14.7. The van der Waals surface area contributed by atoms with Gasteiger partial charge in [0, 0.05) is 30.1 Å². The Hall–Kier alpha value is -2.23. The lowest BCUT2D eigenvalue weighted by molar-refractivity contribution is 0.239. The Bertz CT molecular complexity index is 1050. The molecule has 9 heteroatoms. The molecule has 1 atom stereocenters. The fourth-order valence-corrected chi connectivity index (χ4v) is 5.21. The molecule has 1 aliphatic rings. The van der Waals surface area contributed by atoms with Gasteiger partial charge in [0.1, 0.15) is 11.6 Å². The fraction of sp³-hybridized carbons (Fsp3) is 0.348. The molecule has 2 aromatic carbocycles. The van der Waals surface area contributed by atoms with Gasteiger partial charge in [-0.25, -0.2) is 13.2 Å². The van der Waals surface area contributed by atoms with E-state index in [-0.39, 0.29) is 22.9 Å². The molecular formula is C23H25F3N4S2. The van der Waals surface area contributed by atoms with Crippen molar-refractivity contribution in [3.05, 3.63) is 70.4 Å². The molecule has 0 bridgehead atoms. The highest BCUT2D eigenvalue weighted by molar-refractivity contribution is 8.00. The normalized spacial score (nSPS) is 16.4. The van der Waals surface area contributed by atoms with Crippen molar-refractivity contribution in [2.75, 3.05) is 16.6 Å². The summed E-state index contributed by atoms with van der Waals surface area (Å²) in [5, 5.41) is 4.67. The fourth-order valence-electron chi connectivity index (χ4n) is 4.04. The van der Waals surface area contributed by atoms with Crippen LogP contribution in [0.3, 0.4) is 0 Å². The average molecular weight is 479 g/mol. The molecule has 32 heavy (non-hydrogen) atoms. The van der Waals surface area contributed by atoms with Gasteiger partial charge in [-0.15, -0.1) is 0 Å². The van der Waals surface area contributed by atoms with Crippen LogP contribution in [0.4, 0.5) is 24.7 Å². The number of rotatable bonds is 9. The Kier molecular flexibility index (Phi) is 7.59. The quantitative estimate of drug-likeness (QED) is 0.336. The molecule has 1 fully saturated rings. The minimum absolute atomic E-state index is 0.00215. The van der Waals surface area contributed by atoms with E-state index in [1.54, 1.807) is 17.5 Å². The number of nitrogens with zero attached hydrogens (tertiary/aromatic N) is 2. The zero-order valence-corrected chi connectivity index (χ0v) is 19.3. The van der Waals surface area contributed by atoms with Crippen LogP contribution >= 0.6 is 23.5 Å². The van der Waals surface area contributed by atoms with Gasteiger partial charge in [0.15, 0.2) is 11.6 Å². The highest BCUT2D eigenvalue weighted by Gasteiger charge is 2.24. The minimum Gasteiger partial charge on any atom is -0.378 e. The van der Waals surface area contributed by atoms with Gasteiger partial charge in [-0.3, -0.25) is 4.90 Å². The van der Waals surface area contributed by atoms with Crippen LogP contribution < -0.4 is 10.0 Å². The molecule has 3 aromatic rings. The van der Waals surface area contributed by atoms with E-state index >= 15 is 0 Å². The van der Waals surface area contributed by atoms with Crippen molar-refractivity contribution < 1.29 is 13.2 Å². The predicted octanol–water partition coefficient (Wildman–Crippen LogP) is 6.67. The van der Waals surface area contributed by atoms with Gasteiger partial charge in [-0.05, 0) is 79.1 Å². The van der Waals surface area contributed by atoms with Crippen LogP contribution in [0.15, 0.2) is 46.7 Å². The molecule has 0 amide bonds. The number of likely N-dealkylation sites (tertiary alicyclic amines) is 1. The van der Waals surface area contributed by atoms with Gasteiger partial charge in [0.25, 0.3) is 0 Å². The molecule has 0 spiro atoms. The molecule has 2 heterocycles. The summed E-state index contributed by atoms with van der Waals surface area (Å²) < 4.78 is 50.8. The zero-order chi connectivity index (χ0) is 22.5. The van der Waals surface area contributed by atoms with Crippen LogP contribution in [0.5, 0.6) is 0 Å². The van der Waals surface area contributed by atoms with Crippen molar-refractivity contribution in [3.63, 3.8) is 0 Å². The Morgan fingerprint density at radius 1 is 1.16 bits per heavy atom. The van der Waals surface area contributed by atoms with Gasteiger partial charge in [0.05, 0.1) is 10.6 Å². The van der Waals surface area contributed by atoms with Crippen LogP contribution in [0.25, 0.3) is 0 Å². The monoisotopic (exact) mass is 478 g/mol. The first-order valence-corrected chi connectivity index (χ1v) is 12.3. The average Bonchev–Trinajstić information content (AvgIpc) is 3.47. The van der Waals surface area contributed by atoms with Gasteiger partial charge < -0.3 is 10.0 Å². The molecular weight excluding hydrogens is 453 g/mol. The highest BCUT2D eigenvalue weighted by atomic mass is 32.2. The standard InChI is InChI=1S/C23H25F3N4S2/c1-2-16-6-4-11-30(16)14-15-5-3-7-18(24)17(15)13-27-19-8-9-20(23(26)22(19)25)32-29-21-10-12-31-28-21/h3,5,7-10,12,16,27H,2,4,6,11,13-14H2,1H3,(H,28,29). The summed E-state index contributed by atoms with van der Waals surface area (Å²) >= 11 is 2.22. The van der Waals surface area contributed by atoms with Gasteiger partial charge in [-0.1, -0.05) is 19.1 Å². The molecule has 0 radical (unpaired) electrons. The van der Waals surface area contributed by atoms with Crippen LogP contribution in [0.1, 0.15) is 37.3 Å². The van der Waals surface area contributed by atoms with E-state index in [1.807, 2.05) is 6.07 Å². The summed E-state index contributed by atoms with van der Waals surface area (Å²) in [5.41, 5.74) is 1.36. The first-order valence-electron chi connectivity index (χ1n) is 10.6. The smallest absolute Gasteiger partial charge is 0.183 e. The number of anilines is 2. The zero-order valence-electron chi connectivity index (χ0n) is 17.7. The van der Waals surface area contributed by atoms with E-state index in [4.69, 9.17) is 0 Å². The topological polar surface area (TPSA) is 40.2 Å². The maximum atomic E-state index is 14.7. The van der Waals surface area contributed by atoms with Gasteiger partial charge in [-0.2, -0.15) is 4.37 Å². The number of hydrogen-bond acceptors (Lipinski definition) is 6. The van der Waals surface area contributed by atoms with E-state index in [9.17, 15) is 13.2 Å². The Labute approximate surface area is 194 Å². The predicted molar refractivity (Wildman–Crippen MR) is 125 cm³/mol. The maximum Gasteiger partial charge on any atom is 0.183 e. The van der Waals surface area contributed by atoms with E-state index in [0.29, 0.717) is 24.0 Å². The van der Waals surface area contributed by atoms with Gasteiger partial charge >= 0.3 is 0 Å². The first-order chi connectivity index (χ1) is 15.6. The van der Waals surface area contributed by atoms with Crippen molar-refractivity contribution in [2.24, 2.45) is 0 Å². The van der Waals surface area contributed by atoms with Crippen molar-refractivity contribution in [2.45, 2.75) is 50.2 Å². The SMILES string of the molecule is CCC1CCCN1Cc1cccc(F)c1CNc1ccc(SNc2ccsn2)c(F)c1F. The molecule has 170 valence electrons. The third-order valence-electron chi connectivity index (χ3n) is 5.77. The Morgan fingerprint density at radius 3 is 2.81 bits per heavy atom. The number of hydrogen-bond donors (Lipinski definition) is 2. The van der Waals surface area contributed by atoms with E-state index in [1.165, 1.54) is 29.7 Å². The second kappa shape index (κ2) is 10.6. The summed E-state index contributed by atoms with van der Waals surface area (Å²) in [7, 11) is 0. The summed E-state index contributed by atoms with van der Waals surface area (Å²) in [6, 6.07) is 10.2. The second-order valence-corrected chi connectivity index (χ2v) is 9.25. The lowest BCUT2D eigenvalue weighted by Crippen LogP contribution is -2.29. The van der Waals surface area contributed by atoms with Crippen LogP contribution in [-0.2, 0) is 13.1 Å². The number of nitrogens with one attached hydrogen (secondary N) is 2. The number of benzene rings is 2. The molecule has 1 saturated heterocycles. The second-order valence-electron chi connectivity index (χ2n) is 7.73. The van der Waals surface area contributed by atoms with Crippen molar-refractivity contribution in [3.8, 4) is 0 Å². The molecule has 1 aromatic heterocycles. The molecule has 4 nitrogen and oxygen atoms in total. The molecule has 0 aliphatic carbocycles. The van der Waals surface area contributed by atoms with Crippen molar-refractivity contribution in [1.82, 2.24) is 9.27 Å². The van der Waals surface area contributed by atoms with Crippen LogP contribution in [0.2, 0.25) is 0 Å². The first kappa shape index (κ1) is 22.9. The number of halogens is 3. The molecule has 1 aliphatic heterocycles. The highest BCUT2D eigenvalue weighted by Crippen LogP contribution is 2.30. The third kappa shape index (κ3) is 5.22. The van der Waals surface area contributed by atoms with Crippen LogP contribution in [0, 0.1) is 17.5 Å². The van der Waals surface area contributed by atoms with Gasteiger partial charge in [0.2, 0.25) is 0 Å². The Balaban J connectivity index is 1.45. The summed E-state index contributed by atoms with van der Waals surface area (Å²) in [6.45, 7) is 3.90. The van der Waals surface area contributed by atoms with Crippen LogP contribution in [-0.4, -0.2) is 21.9 Å². The van der Waals surface area contributed by atoms with Crippen molar-refractivity contribution in [1.29, 1.82) is 0 Å². The lowest BCUT2D eigenvalue weighted by Gasteiger charge is -2.25. The van der Waals surface area contributed by atoms with E-state index in [2.05, 4.69) is 26.2 Å². The summed E-state index contributed by atoms with van der Waals surface area (Å²) in [5.74, 6) is -1.71.